The fourth-order valence-corrected chi connectivity index (χ4v) is 2.36. The monoisotopic (exact) mass is 312 g/mol. The minimum Gasteiger partial charge on any atom is -0.486 e. The molecule has 1 aromatic carbocycles. The Morgan fingerprint density at radius 1 is 1.17 bits per heavy atom. The number of fused-ring (bicyclic) bond motifs is 2. The predicted octanol–water partition coefficient (Wildman–Crippen LogP) is 1.05. The molecule has 0 radical (unpaired) electrons. The van der Waals surface area contributed by atoms with E-state index in [1.807, 2.05) is 0 Å². The van der Waals surface area contributed by atoms with Crippen LogP contribution in [0.3, 0.4) is 0 Å². The quantitative estimate of drug-likeness (QED) is 0.737. The zero-order valence-corrected chi connectivity index (χ0v) is 11.9. The lowest BCUT2D eigenvalue weighted by atomic mass is 10.2. The number of benzene rings is 1. The number of rotatable bonds is 2. The third-order valence-corrected chi connectivity index (χ3v) is 3.47. The molecule has 23 heavy (non-hydrogen) atoms. The number of anilines is 1. The van der Waals surface area contributed by atoms with Gasteiger partial charge in [-0.1, -0.05) is 0 Å². The number of carbonyl (C=O) groups is 1. The van der Waals surface area contributed by atoms with Gasteiger partial charge in [0.2, 0.25) is 0 Å². The number of aromatic amines is 1. The average molecular weight is 312 g/mol. The third-order valence-electron chi connectivity index (χ3n) is 3.47. The highest BCUT2D eigenvalue weighted by Crippen LogP contribution is 2.32. The van der Waals surface area contributed by atoms with Crippen LogP contribution in [0.25, 0.3) is 5.65 Å². The third kappa shape index (κ3) is 2.39. The van der Waals surface area contributed by atoms with E-state index in [1.54, 1.807) is 30.3 Å². The number of aromatic nitrogens is 3. The Labute approximate surface area is 129 Å². The summed E-state index contributed by atoms with van der Waals surface area (Å²) >= 11 is 0. The molecule has 2 aromatic heterocycles. The molecule has 1 aliphatic rings. The maximum absolute atomic E-state index is 12.3. The summed E-state index contributed by atoms with van der Waals surface area (Å²) in [5.74, 6) is 0.910. The fraction of sp³-hybridized carbons (Fsp3) is 0.133. The molecule has 0 unspecified atom stereocenters. The first-order valence-electron chi connectivity index (χ1n) is 6.98. The summed E-state index contributed by atoms with van der Waals surface area (Å²) < 4.78 is 12.2. The van der Waals surface area contributed by atoms with Crippen molar-refractivity contribution in [2.24, 2.45) is 0 Å². The van der Waals surface area contributed by atoms with Gasteiger partial charge in [0.15, 0.2) is 17.1 Å². The van der Waals surface area contributed by atoms with Crippen LogP contribution in [0.15, 0.2) is 41.3 Å². The van der Waals surface area contributed by atoms with Crippen LogP contribution in [0.4, 0.5) is 5.69 Å². The molecule has 3 heterocycles. The van der Waals surface area contributed by atoms with Gasteiger partial charge in [-0.3, -0.25) is 4.79 Å². The summed E-state index contributed by atoms with van der Waals surface area (Å²) in [7, 11) is 0. The lowest BCUT2D eigenvalue weighted by Crippen LogP contribution is -2.17. The standard InChI is InChI=1S/C15H12N4O4/c20-14(9-1-4-13-17-18-15(21)19(13)8-9)16-10-2-3-11-12(7-10)23-6-5-22-11/h1-4,7-8H,5-6H2,(H,16,20)(H,18,21). The first-order chi connectivity index (χ1) is 11.2. The smallest absolute Gasteiger partial charge is 0.347 e. The SMILES string of the molecule is O=C(Nc1ccc2c(c1)OCCO2)c1ccc2n[nH]c(=O)n2c1. The zero-order chi connectivity index (χ0) is 15.8. The van der Waals surface area contributed by atoms with Crippen LogP contribution >= 0.6 is 0 Å². The summed E-state index contributed by atoms with van der Waals surface area (Å²) in [5, 5.41) is 8.90. The van der Waals surface area contributed by atoms with Crippen LogP contribution in [-0.2, 0) is 0 Å². The largest absolute Gasteiger partial charge is 0.486 e. The van der Waals surface area contributed by atoms with Gasteiger partial charge in [-0.15, -0.1) is 0 Å². The molecule has 0 saturated heterocycles. The van der Waals surface area contributed by atoms with Crippen molar-refractivity contribution in [3.8, 4) is 11.5 Å². The Kier molecular flexibility index (Phi) is 3.00. The highest BCUT2D eigenvalue weighted by atomic mass is 16.6. The number of ether oxygens (including phenoxy) is 2. The number of nitrogens with zero attached hydrogens (tertiary/aromatic N) is 2. The van der Waals surface area contributed by atoms with E-state index < -0.39 is 5.69 Å². The van der Waals surface area contributed by atoms with Crippen LogP contribution in [0.5, 0.6) is 11.5 Å². The van der Waals surface area contributed by atoms with Gasteiger partial charge in [0.05, 0.1) is 5.56 Å². The molecule has 2 N–H and O–H groups in total. The molecule has 0 bridgehead atoms. The van der Waals surface area contributed by atoms with Crippen LogP contribution in [0.2, 0.25) is 0 Å². The van der Waals surface area contributed by atoms with Crippen LogP contribution in [-0.4, -0.2) is 33.7 Å². The molecule has 1 aliphatic heterocycles. The van der Waals surface area contributed by atoms with Crippen molar-refractivity contribution in [3.05, 3.63) is 52.6 Å². The average Bonchev–Trinajstić information content (AvgIpc) is 2.95. The number of pyridine rings is 1. The molecule has 116 valence electrons. The number of hydrogen-bond acceptors (Lipinski definition) is 5. The van der Waals surface area contributed by atoms with Crippen molar-refractivity contribution >= 4 is 17.2 Å². The molecule has 8 nitrogen and oxygen atoms in total. The van der Waals surface area contributed by atoms with E-state index in [0.717, 1.165) is 0 Å². The van der Waals surface area contributed by atoms with Gasteiger partial charge < -0.3 is 14.8 Å². The Morgan fingerprint density at radius 2 is 2.00 bits per heavy atom. The second kappa shape index (κ2) is 5.16. The van der Waals surface area contributed by atoms with Gasteiger partial charge in [0.25, 0.3) is 5.91 Å². The van der Waals surface area contributed by atoms with Crippen molar-refractivity contribution in [1.82, 2.24) is 14.6 Å². The Bertz CT molecular complexity index is 960. The van der Waals surface area contributed by atoms with Crippen molar-refractivity contribution in [3.63, 3.8) is 0 Å². The lowest BCUT2D eigenvalue weighted by Gasteiger charge is -2.19. The molecule has 8 heteroatoms. The molecule has 0 saturated carbocycles. The molecular weight excluding hydrogens is 300 g/mol. The van der Waals surface area contributed by atoms with E-state index >= 15 is 0 Å². The number of H-pyrrole nitrogens is 1. The van der Waals surface area contributed by atoms with Gasteiger partial charge in [0.1, 0.15) is 13.2 Å². The second-order valence-electron chi connectivity index (χ2n) is 4.99. The summed E-state index contributed by atoms with van der Waals surface area (Å²) in [6.07, 6.45) is 1.44. The number of nitrogens with one attached hydrogen (secondary N) is 2. The molecule has 0 fully saturated rings. The minimum absolute atomic E-state index is 0.336. The highest BCUT2D eigenvalue weighted by molar-refractivity contribution is 6.04. The van der Waals surface area contributed by atoms with Gasteiger partial charge in [-0.2, -0.15) is 5.10 Å². The molecule has 4 rings (SSSR count). The van der Waals surface area contributed by atoms with Crippen LogP contribution < -0.4 is 20.5 Å². The van der Waals surface area contributed by atoms with Gasteiger partial charge >= 0.3 is 5.69 Å². The topological polar surface area (TPSA) is 97.7 Å². The first-order valence-corrected chi connectivity index (χ1v) is 6.98. The maximum Gasteiger partial charge on any atom is 0.347 e. The Morgan fingerprint density at radius 3 is 2.87 bits per heavy atom. The normalized spacial score (nSPS) is 13.0. The fourth-order valence-electron chi connectivity index (χ4n) is 2.36. The number of hydrogen-bond donors (Lipinski definition) is 2. The van der Waals surface area contributed by atoms with E-state index in [2.05, 4.69) is 15.5 Å². The zero-order valence-electron chi connectivity index (χ0n) is 11.9. The van der Waals surface area contributed by atoms with Gasteiger partial charge in [-0.25, -0.2) is 14.3 Å². The van der Waals surface area contributed by atoms with E-state index in [0.29, 0.717) is 41.6 Å². The maximum atomic E-state index is 12.3. The predicted molar refractivity (Wildman–Crippen MR) is 81.2 cm³/mol. The summed E-state index contributed by atoms with van der Waals surface area (Å²) in [5.41, 5.74) is 0.981. The van der Waals surface area contributed by atoms with Crippen molar-refractivity contribution in [1.29, 1.82) is 0 Å². The molecule has 1 amide bonds. The molecular formula is C15H12N4O4. The van der Waals surface area contributed by atoms with Gasteiger partial charge in [0, 0.05) is 18.0 Å². The van der Waals surface area contributed by atoms with Crippen molar-refractivity contribution < 1.29 is 14.3 Å². The molecule has 3 aromatic rings. The number of carbonyl (C=O) groups excluding carboxylic acids is 1. The van der Waals surface area contributed by atoms with E-state index in [9.17, 15) is 9.59 Å². The van der Waals surface area contributed by atoms with Crippen molar-refractivity contribution in [2.75, 3.05) is 18.5 Å². The Balaban J connectivity index is 1.61. The van der Waals surface area contributed by atoms with E-state index in [4.69, 9.17) is 9.47 Å². The van der Waals surface area contributed by atoms with E-state index in [1.165, 1.54) is 10.6 Å². The van der Waals surface area contributed by atoms with Crippen LogP contribution in [0.1, 0.15) is 10.4 Å². The second-order valence-corrected chi connectivity index (χ2v) is 4.99. The van der Waals surface area contributed by atoms with Crippen LogP contribution in [0, 0.1) is 0 Å². The minimum atomic E-state index is -0.394. The molecule has 0 aliphatic carbocycles. The van der Waals surface area contributed by atoms with Crippen molar-refractivity contribution in [2.45, 2.75) is 0 Å². The molecule has 0 atom stereocenters. The molecule has 0 spiro atoms. The summed E-state index contributed by atoms with van der Waals surface area (Å²) in [6.45, 7) is 0.989. The summed E-state index contributed by atoms with van der Waals surface area (Å²) in [6, 6.07) is 8.37. The number of amides is 1. The highest BCUT2D eigenvalue weighted by Gasteiger charge is 2.14. The van der Waals surface area contributed by atoms with E-state index in [-0.39, 0.29) is 5.91 Å². The Hall–Kier alpha value is -3.29. The summed E-state index contributed by atoms with van der Waals surface area (Å²) in [4.78, 5) is 23.9. The van der Waals surface area contributed by atoms with Gasteiger partial charge in [-0.05, 0) is 24.3 Å². The first kappa shape index (κ1) is 13.4. The lowest BCUT2D eigenvalue weighted by molar-refractivity contribution is 0.102.